The van der Waals surface area contributed by atoms with Gasteiger partial charge in [-0.15, -0.1) is 0 Å². The number of rotatable bonds is 6. The molecule has 6 nitrogen and oxygen atoms in total. The molecule has 0 spiro atoms. The maximum atomic E-state index is 11.1. The van der Waals surface area contributed by atoms with E-state index in [0.29, 0.717) is 6.61 Å². The number of fused-ring (bicyclic) bond motifs is 2. The van der Waals surface area contributed by atoms with Crippen molar-refractivity contribution in [2.75, 3.05) is 6.61 Å². The van der Waals surface area contributed by atoms with Crippen LogP contribution in [0.3, 0.4) is 0 Å². The first-order chi connectivity index (χ1) is 16.7. The van der Waals surface area contributed by atoms with Crippen molar-refractivity contribution in [1.82, 2.24) is 4.98 Å². The van der Waals surface area contributed by atoms with E-state index < -0.39 is 5.97 Å². The SMILES string of the molecule is O=C(O)C[C@@H]1COc2cc(O[C@@H]3CCc4c(-c5ccccc5-c5cnco5)cccc43)ccc21. The molecule has 1 aliphatic heterocycles. The lowest BCUT2D eigenvalue weighted by molar-refractivity contribution is -0.137. The van der Waals surface area contributed by atoms with Gasteiger partial charge in [-0.3, -0.25) is 4.79 Å². The van der Waals surface area contributed by atoms with E-state index in [2.05, 4.69) is 35.3 Å². The molecule has 0 saturated heterocycles. The first-order valence-corrected chi connectivity index (χ1v) is 11.4. The lowest BCUT2D eigenvalue weighted by Gasteiger charge is -2.17. The molecule has 0 amide bonds. The molecule has 0 saturated carbocycles. The van der Waals surface area contributed by atoms with Gasteiger partial charge in [0.25, 0.3) is 0 Å². The summed E-state index contributed by atoms with van der Waals surface area (Å²) in [6.45, 7) is 0.394. The lowest BCUT2D eigenvalue weighted by Crippen LogP contribution is -2.07. The van der Waals surface area contributed by atoms with E-state index in [9.17, 15) is 4.79 Å². The molecule has 0 radical (unpaired) electrons. The zero-order valence-electron chi connectivity index (χ0n) is 18.4. The Morgan fingerprint density at radius 3 is 2.71 bits per heavy atom. The van der Waals surface area contributed by atoms with Gasteiger partial charge >= 0.3 is 5.97 Å². The molecule has 1 aliphatic carbocycles. The third-order valence-corrected chi connectivity index (χ3v) is 6.69. The Balaban J connectivity index is 1.29. The molecule has 0 bridgehead atoms. The molecular weight excluding hydrogens is 430 g/mol. The van der Waals surface area contributed by atoms with Gasteiger partial charge in [-0.25, -0.2) is 4.98 Å². The number of carboxylic acid groups (broad SMARTS) is 1. The van der Waals surface area contributed by atoms with Gasteiger partial charge in [-0.1, -0.05) is 48.5 Å². The van der Waals surface area contributed by atoms with E-state index in [0.717, 1.165) is 46.8 Å². The van der Waals surface area contributed by atoms with E-state index in [4.69, 9.17) is 19.0 Å². The van der Waals surface area contributed by atoms with Gasteiger partial charge in [0.15, 0.2) is 12.2 Å². The predicted octanol–water partition coefficient (Wildman–Crippen LogP) is 6.03. The van der Waals surface area contributed by atoms with Crippen LogP contribution >= 0.6 is 0 Å². The van der Waals surface area contributed by atoms with Gasteiger partial charge in [0, 0.05) is 23.1 Å². The van der Waals surface area contributed by atoms with Crippen LogP contribution in [0.2, 0.25) is 0 Å². The summed E-state index contributed by atoms with van der Waals surface area (Å²) in [4.78, 5) is 15.2. The highest BCUT2D eigenvalue weighted by atomic mass is 16.5. The Hall–Kier alpha value is -4.06. The average Bonchev–Trinajstić information content (AvgIpc) is 3.60. The van der Waals surface area contributed by atoms with Crippen molar-refractivity contribution in [3.8, 4) is 33.9 Å². The minimum absolute atomic E-state index is 0.0540. The largest absolute Gasteiger partial charge is 0.492 e. The summed E-state index contributed by atoms with van der Waals surface area (Å²) in [5.41, 5.74) is 6.74. The van der Waals surface area contributed by atoms with Crippen LogP contribution in [0.4, 0.5) is 0 Å². The van der Waals surface area contributed by atoms with Gasteiger partial charge in [-0.05, 0) is 41.2 Å². The standard InChI is InChI=1S/C28H23NO5/c30-28(31)12-17-15-32-26-13-18(8-9-19(17)26)34-25-11-10-22-20(6-3-7-23(22)25)21-4-1-2-5-24(21)27-14-29-16-33-27/h1-9,13-14,16-17,25H,10-12,15H2,(H,30,31)/t17-,25-/m1/s1. The summed E-state index contributed by atoms with van der Waals surface area (Å²) in [5, 5.41) is 9.12. The number of benzene rings is 3. The van der Waals surface area contributed by atoms with Gasteiger partial charge in [0.2, 0.25) is 0 Å². The zero-order valence-corrected chi connectivity index (χ0v) is 18.4. The summed E-state index contributed by atoms with van der Waals surface area (Å²) in [7, 11) is 0. The highest BCUT2D eigenvalue weighted by molar-refractivity contribution is 5.83. The van der Waals surface area contributed by atoms with Gasteiger partial charge in [-0.2, -0.15) is 0 Å². The van der Waals surface area contributed by atoms with Crippen molar-refractivity contribution >= 4 is 5.97 Å². The van der Waals surface area contributed by atoms with E-state index >= 15 is 0 Å². The van der Waals surface area contributed by atoms with Crippen molar-refractivity contribution in [3.63, 3.8) is 0 Å². The number of hydrogen-bond donors (Lipinski definition) is 1. The molecule has 1 N–H and O–H groups in total. The molecule has 2 heterocycles. The van der Waals surface area contributed by atoms with Crippen LogP contribution in [0.1, 0.15) is 41.6 Å². The van der Waals surface area contributed by atoms with Crippen molar-refractivity contribution in [1.29, 1.82) is 0 Å². The molecule has 6 heteroatoms. The second-order valence-corrected chi connectivity index (χ2v) is 8.74. The van der Waals surface area contributed by atoms with Crippen LogP contribution in [0.5, 0.6) is 11.5 Å². The minimum atomic E-state index is -0.815. The topological polar surface area (TPSA) is 81.8 Å². The highest BCUT2D eigenvalue weighted by Gasteiger charge is 2.30. The Morgan fingerprint density at radius 1 is 1.03 bits per heavy atom. The van der Waals surface area contributed by atoms with Crippen LogP contribution < -0.4 is 9.47 Å². The fraction of sp³-hybridized carbons (Fsp3) is 0.214. The lowest BCUT2D eigenvalue weighted by atomic mass is 9.92. The number of oxazole rings is 1. The van der Waals surface area contributed by atoms with Crippen molar-refractivity contribution in [2.45, 2.75) is 31.3 Å². The third kappa shape index (κ3) is 3.61. The smallest absolute Gasteiger partial charge is 0.304 e. The van der Waals surface area contributed by atoms with Crippen molar-refractivity contribution in [3.05, 3.63) is 89.9 Å². The minimum Gasteiger partial charge on any atom is -0.492 e. The van der Waals surface area contributed by atoms with Gasteiger partial charge in [0.05, 0.1) is 19.2 Å². The Kier molecular flexibility index (Phi) is 5.06. The van der Waals surface area contributed by atoms with E-state index in [1.54, 1.807) is 6.20 Å². The summed E-state index contributed by atoms with van der Waals surface area (Å²) < 4.78 is 17.8. The van der Waals surface area contributed by atoms with Crippen LogP contribution in [0.25, 0.3) is 22.5 Å². The molecule has 3 aromatic carbocycles. The summed E-state index contributed by atoms with van der Waals surface area (Å²) >= 11 is 0. The number of carbonyl (C=O) groups is 1. The van der Waals surface area contributed by atoms with Crippen molar-refractivity contribution < 1.29 is 23.8 Å². The van der Waals surface area contributed by atoms with Crippen LogP contribution in [0, 0.1) is 0 Å². The number of carboxylic acids is 1. The fourth-order valence-electron chi connectivity index (χ4n) is 5.15. The molecule has 2 aliphatic rings. The number of aromatic nitrogens is 1. The molecule has 0 unspecified atom stereocenters. The fourth-order valence-corrected chi connectivity index (χ4v) is 5.15. The number of ether oxygens (including phenoxy) is 2. The van der Waals surface area contributed by atoms with E-state index in [1.165, 1.54) is 23.1 Å². The van der Waals surface area contributed by atoms with Crippen LogP contribution in [-0.2, 0) is 11.2 Å². The number of nitrogens with zero attached hydrogens (tertiary/aromatic N) is 1. The van der Waals surface area contributed by atoms with Crippen molar-refractivity contribution in [2.24, 2.45) is 0 Å². The summed E-state index contributed by atoms with van der Waals surface area (Å²) in [5.74, 6) is 1.28. The van der Waals surface area contributed by atoms with Gasteiger partial charge < -0.3 is 19.0 Å². The second kappa shape index (κ2) is 8.37. The van der Waals surface area contributed by atoms with Crippen LogP contribution in [-0.4, -0.2) is 22.7 Å². The summed E-state index contributed by atoms with van der Waals surface area (Å²) in [6.07, 6.45) is 5.02. The van der Waals surface area contributed by atoms with E-state index in [1.807, 2.05) is 30.3 Å². The van der Waals surface area contributed by atoms with E-state index in [-0.39, 0.29) is 18.4 Å². The molecule has 4 aromatic rings. The third-order valence-electron chi connectivity index (χ3n) is 6.69. The Morgan fingerprint density at radius 2 is 1.88 bits per heavy atom. The predicted molar refractivity (Wildman–Crippen MR) is 126 cm³/mol. The molecule has 6 rings (SSSR count). The van der Waals surface area contributed by atoms with Crippen LogP contribution in [0.15, 0.2) is 77.7 Å². The summed E-state index contributed by atoms with van der Waals surface area (Å²) in [6, 6.07) is 20.3. The first-order valence-electron chi connectivity index (χ1n) is 11.4. The van der Waals surface area contributed by atoms with Gasteiger partial charge in [0.1, 0.15) is 17.6 Å². The zero-order chi connectivity index (χ0) is 23.1. The normalized spacial score (nSPS) is 18.2. The molecule has 2 atom stereocenters. The quantitative estimate of drug-likeness (QED) is 0.384. The molecule has 34 heavy (non-hydrogen) atoms. The molecule has 170 valence electrons. The molecular formula is C28H23NO5. The highest BCUT2D eigenvalue weighted by Crippen LogP contribution is 2.44. The Bertz CT molecular complexity index is 1360. The molecule has 1 aromatic heterocycles. The maximum absolute atomic E-state index is 11.1. The first kappa shape index (κ1) is 20.5. The Labute approximate surface area is 196 Å². The second-order valence-electron chi connectivity index (χ2n) is 8.74. The molecule has 0 fully saturated rings. The number of aliphatic carboxylic acids is 1. The maximum Gasteiger partial charge on any atom is 0.304 e. The average molecular weight is 453 g/mol. The number of hydrogen-bond acceptors (Lipinski definition) is 5. The monoisotopic (exact) mass is 453 g/mol.